The number of esters is 1. The Morgan fingerprint density at radius 3 is 2.89 bits per heavy atom. The lowest BCUT2D eigenvalue weighted by Gasteiger charge is -2.12. The van der Waals surface area contributed by atoms with E-state index in [1.807, 2.05) is 0 Å². The van der Waals surface area contributed by atoms with Crippen LogP contribution in [0.3, 0.4) is 0 Å². The highest BCUT2D eigenvalue weighted by Crippen LogP contribution is 2.03. The number of nitrogens with zero attached hydrogens (tertiary/aromatic N) is 1. The van der Waals surface area contributed by atoms with E-state index in [2.05, 4.69) is 15.0 Å². The number of rotatable bonds is 5. The molecule has 1 aromatic heterocycles. The summed E-state index contributed by atoms with van der Waals surface area (Å²) in [5.74, 6) is -0.622. The van der Waals surface area contributed by atoms with Gasteiger partial charge in [0.2, 0.25) is 0 Å². The predicted molar refractivity (Wildman–Crippen MR) is 65.7 cm³/mol. The topological polar surface area (TPSA) is 94.3 Å². The number of carbonyl (C=O) groups excluding carboxylic acids is 2. The number of aromatic nitrogens is 1. The van der Waals surface area contributed by atoms with Crippen molar-refractivity contribution in [3.05, 3.63) is 29.6 Å². The third-order valence-electron chi connectivity index (χ3n) is 2.37. The second kappa shape index (κ2) is 6.70. The summed E-state index contributed by atoms with van der Waals surface area (Å²) in [6.45, 7) is 2.01. The van der Waals surface area contributed by atoms with Crippen LogP contribution in [0.5, 0.6) is 0 Å². The van der Waals surface area contributed by atoms with Crippen LogP contribution in [0, 0.1) is 0 Å². The first-order valence-corrected chi connectivity index (χ1v) is 5.59. The van der Waals surface area contributed by atoms with E-state index in [0.717, 1.165) is 0 Å². The quantitative estimate of drug-likeness (QED) is 0.730. The van der Waals surface area contributed by atoms with Gasteiger partial charge in [-0.15, -0.1) is 0 Å². The number of pyridine rings is 1. The molecule has 18 heavy (non-hydrogen) atoms. The molecule has 1 atom stereocenters. The molecule has 0 saturated heterocycles. The predicted octanol–water partition coefficient (Wildman–Crippen LogP) is 0.222. The molecule has 6 heteroatoms. The van der Waals surface area contributed by atoms with E-state index in [9.17, 15) is 9.59 Å². The number of amides is 1. The van der Waals surface area contributed by atoms with Crippen LogP contribution in [0.15, 0.2) is 18.3 Å². The Bertz CT molecular complexity index is 434. The van der Waals surface area contributed by atoms with Crippen molar-refractivity contribution in [3.8, 4) is 0 Å². The molecular weight excluding hydrogens is 234 g/mol. The van der Waals surface area contributed by atoms with Crippen LogP contribution in [0.2, 0.25) is 0 Å². The maximum atomic E-state index is 11.9. The summed E-state index contributed by atoms with van der Waals surface area (Å²) in [6, 6.07) is 2.93. The molecular formula is C12H17N3O3. The summed E-state index contributed by atoms with van der Waals surface area (Å²) in [4.78, 5) is 26.9. The molecule has 0 aromatic carbocycles. The molecule has 0 spiro atoms. The lowest BCUT2D eigenvalue weighted by atomic mass is 10.2. The van der Waals surface area contributed by atoms with Gasteiger partial charge in [-0.25, -0.2) is 0 Å². The number of methoxy groups -OCH3 is 1. The van der Waals surface area contributed by atoms with E-state index >= 15 is 0 Å². The molecule has 3 N–H and O–H groups in total. The van der Waals surface area contributed by atoms with E-state index in [1.165, 1.54) is 13.3 Å². The molecule has 0 aliphatic heterocycles. The number of ether oxygens (including phenoxy) is 1. The Balaban J connectivity index is 2.61. The average molecular weight is 251 g/mol. The van der Waals surface area contributed by atoms with Gasteiger partial charge in [0.15, 0.2) is 0 Å². The van der Waals surface area contributed by atoms with Crippen LogP contribution in [-0.4, -0.2) is 30.0 Å². The van der Waals surface area contributed by atoms with E-state index < -0.39 is 0 Å². The highest BCUT2D eigenvalue weighted by atomic mass is 16.5. The molecule has 0 aliphatic carbocycles. The zero-order chi connectivity index (χ0) is 13.5. The van der Waals surface area contributed by atoms with Crippen LogP contribution in [0.4, 0.5) is 0 Å². The molecule has 1 amide bonds. The molecule has 1 rings (SSSR count). The monoisotopic (exact) mass is 251 g/mol. The van der Waals surface area contributed by atoms with Crippen molar-refractivity contribution < 1.29 is 14.3 Å². The van der Waals surface area contributed by atoms with Gasteiger partial charge in [-0.3, -0.25) is 14.6 Å². The molecule has 0 saturated carbocycles. The van der Waals surface area contributed by atoms with Crippen molar-refractivity contribution in [2.45, 2.75) is 25.9 Å². The Kier molecular flexibility index (Phi) is 5.26. The summed E-state index contributed by atoms with van der Waals surface area (Å²) in [5, 5.41) is 2.70. The maximum Gasteiger partial charge on any atom is 0.307 e. The number of hydrogen-bond donors (Lipinski definition) is 2. The minimum absolute atomic E-state index is 0.136. The highest BCUT2D eigenvalue weighted by molar-refractivity contribution is 5.94. The summed E-state index contributed by atoms with van der Waals surface area (Å²) in [5.41, 5.74) is 6.56. The molecule has 98 valence electrons. The van der Waals surface area contributed by atoms with Gasteiger partial charge in [-0.05, 0) is 19.1 Å². The van der Waals surface area contributed by atoms with Gasteiger partial charge in [-0.1, -0.05) is 0 Å². The zero-order valence-corrected chi connectivity index (χ0v) is 10.5. The molecule has 0 aliphatic rings. The van der Waals surface area contributed by atoms with Crippen molar-refractivity contribution in [2.75, 3.05) is 7.11 Å². The Morgan fingerprint density at radius 1 is 1.56 bits per heavy atom. The van der Waals surface area contributed by atoms with Crippen molar-refractivity contribution in [2.24, 2.45) is 5.73 Å². The highest BCUT2D eigenvalue weighted by Gasteiger charge is 2.13. The number of hydrogen-bond acceptors (Lipinski definition) is 5. The lowest BCUT2D eigenvalue weighted by molar-refractivity contribution is -0.141. The Morgan fingerprint density at radius 2 is 2.28 bits per heavy atom. The second-order valence-corrected chi connectivity index (χ2v) is 3.89. The van der Waals surface area contributed by atoms with Gasteiger partial charge in [0.25, 0.3) is 5.91 Å². The minimum atomic E-state index is -0.361. The molecule has 1 unspecified atom stereocenters. The van der Waals surface area contributed by atoms with Gasteiger partial charge < -0.3 is 15.8 Å². The fraction of sp³-hybridized carbons (Fsp3) is 0.417. The van der Waals surface area contributed by atoms with Gasteiger partial charge in [0.05, 0.1) is 19.2 Å². The van der Waals surface area contributed by atoms with Crippen molar-refractivity contribution in [1.29, 1.82) is 0 Å². The van der Waals surface area contributed by atoms with Crippen LogP contribution >= 0.6 is 0 Å². The van der Waals surface area contributed by atoms with Crippen LogP contribution in [-0.2, 0) is 16.1 Å². The fourth-order valence-electron chi connectivity index (χ4n) is 1.42. The number of nitrogens with one attached hydrogen (secondary N) is 1. The maximum absolute atomic E-state index is 11.9. The molecule has 0 bridgehead atoms. The molecule has 0 radical (unpaired) electrons. The third kappa shape index (κ3) is 4.14. The second-order valence-electron chi connectivity index (χ2n) is 3.89. The van der Waals surface area contributed by atoms with Crippen LogP contribution in [0.25, 0.3) is 0 Å². The molecule has 0 fully saturated rings. The van der Waals surface area contributed by atoms with Crippen LogP contribution < -0.4 is 11.1 Å². The average Bonchev–Trinajstić information content (AvgIpc) is 2.38. The van der Waals surface area contributed by atoms with Gasteiger partial charge >= 0.3 is 5.97 Å². The van der Waals surface area contributed by atoms with Crippen molar-refractivity contribution in [3.63, 3.8) is 0 Å². The first-order valence-electron chi connectivity index (χ1n) is 5.59. The lowest BCUT2D eigenvalue weighted by Crippen LogP contribution is -2.34. The summed E-state index contributed by atoms with van der Waals surface area (Å²) in [6.07, 6.45) is 1.67. The normalized spacial score (nSPS) is 11.7. The molecule has 1 aromatic rings. The van der Waals surface area contributed by atoms with Crippen LogP contribution in [0.1, 0.15) is 29.4 Å². The standard InChI is InChI=1S/C12H17N3O3/c1-8(5-11(16)18-2)15-12(17)9-3-4-14-10(6-9)7-13/h3-4,6,8H,5,7,13H2,1-2H3,(H,15,17). The number of carbonyl (C=O) groups is 2. The van der Waals surface area contributed by atoms with Crippen molar-refractivity contribution in [1.82, 2.24) is 10.3 Å². The van der Waals surface area contributed by atoms with Gasteiger partial charge in [-0.2, -0.15) is 0 Å². The first-order chi connectivity index (χ1) is 8.56. The Labute approximate surface area is 106 Å². The largest absolute Gasteiger partial charge is 0.469 e. The van der Waals surface area contributed by atoms with E-state index in [-0.39, 0.29) is 30.9 Å². The molecule has 6 nitrogen and oxygen atoms in total. The third-order valence-corrected chi connectivity index (χ3v) is 2.37. The van der Waals surface area contributed by atoms with E-state index in [0.29, 0.717) is 11.3 Å². The minimum Gasteiger partial charge on any atom is -0.469 e. The van der Waals surface area contributed by atoms with E-state index in [4.69, 9.17) is 5.73 Å². The van der Waals surface area contributed by atoms with Gasteiger partial charge in [0, 0.05) is 24.3 Å². The zero-order valence-electron chi connectivity index (χ0n) is 10.5. The number of nitrogens with two attached hydrogens (primary N) is 1. The SMILES string of the molecule is COC(=O)CC(C)NC(=O)c1ccnc(CN)c1. The Hall–Kier alpha value is -1.95. The summed E-state index contributed by atoms with van der Waals surface area (Å²) in [7, 11) is 1.31. The van der Waals surface area contributed by atoms with Gasteiger partial charge in [0.1, 0.15) is 0 Å². The van der Waals surface area contributed by atoms with Crippen molar-refractivity contribution >= 4 is 11.9 Å². The first kappa shape index (κ1) is 14.1. The fourth-order valence-corrected chi connectivity index (χ4v) is 1.42. The summed E-state index contributed by atoms with van der Waals surface area (Å²) >= 11 is 0. The smallest absolute Gasteiger partial charge is 0.307 e. The van der Waals surface area contributed by atoms with E-state index in [1.54, 1.807) is 19.1 Å². The molecule has 1 heterocycles. The summed E-state index contributed by atoms with van der Waals surface area (Å²) < 4.78 is 4.53.